The number of hydrogen-bond acceptors (Lipinski definition) is 4. The number of nitrogens with zero attached hydrogens (tertiary/aromatic N) is 2. The molecular formula is C8H12BrN3OS. The summed E-state index contributed by atoms with van der Waals surface area (Å²) in [5.74, 6) is -0.127. The van der Waals surface area contributed by atoms with Gasteiger partial charge in [-0.25, -0.2) is 0 Å². The minimum atomic E-state index is -0.127. The zero-order valence-electron chi connectivity index (χ0n) is 7.70. The van der Waals surface area contributed by atoms with E-state index in [1.165, 1.54) is 11.5 Å². The fourth-order valence-corrected chi connectivity index (χ4v) is 1.79. The van der Waals surface area contributed by atoms with Crippen molar-refractivity contribution in [2.24, 2.45) is 0 Å². The smallest absolute Gasteiger partial charge is 0.272 e. The number of halogens is 1. The Kier molecular flexibility index (Phi) is 5.70. The molecule has 1 rings (SSSR count). The lowest BCUT2D eigenvalue weighted by atomic mass is 10.2. The van der Waals surface area contributed by atoms with Crippen LogP contribution >= 0.6 is 27.5 Å². The first kappa shape index (κ1) is 11.6. The predicted octanol–water partition coefficient (Wildman–Crippen LogP) is 1.83. The van der Waals surface area contributed by atoms with Crippen molar-refractivity contribution in [1.82, 2.24) is 14.9 Å². The second kappa shape index (κ2) is 6.89. The number of nitrogens with one attached hydrogen (secondary N) is 1. The van der Waals surface area contributed by atoms with Gasteiger partial charge in [-0.15, -0.1) is 5.10 Å². The van der Waals surface area contributed by atoms with Crippen LogP contribution in [0.5, 0.6) is 0 Å². The Labute approximate surface area is 95.4 Å². The Morgan fingerprint density at radius 1 is 1.50 bits per heavy atom. The highest BCUT2D eigenvalue weighted by Crippen LogP contribution is 1.99. The van der Waals surface area contributed by atoms with Crippen LogP contribution in [0.1, 0.15) is 29.8 Å². The van der Waals surface area contributed by atoms with Crippen LogP contribution in [0.4, 0.5) is 0 Å². The summed E-state index contributed by atoms with van der Waals surface area (Å²) in [6, 6.07) is 0. The Morgan fingerprint density at radius 2 is 2.36 bits per heavy atom. The Balaban J connectivity index is 2.10. The molecule has 1 heterocycles. The van der Waals surface area contributed by atoms with Crippen molar-refractivity contribution in [3.8, 4) is 0 Å². The van der Waals surface area contributed by atoms with Gasteiger partial charge in [-0.2, -0.15) is 0 Å². The third-order valence-electron chi connectivity index (χ3n) is 1.69. The summed E-state index contributed by atoms with van der Waals surface area (Å²) in [5, 5.41) is 9.15. The molecule has 0 radical (unpaired) electrons. The largest absolute Gasteiger partial charge is 0.351 e. The molecule has 0 aliphatic heterocycles. The number of carbonyl (C=O) groups is 1. The first-order valence-electron chi connectivity index (χ1n) is 4.46. The van der Waals surface area contributed by atoms with Crippen LogP contribution in [0, 0.1) is 0 Å². The average Bonchev–Trinajstić information content (AvgIpc) is 2.70. The lowest BCUT2D eigenvalue weighted by Crippen LogP contribution is -2.24. The summed E-state index contributed by atoms with van der Waals surface area (Å²) in [5.41, 5.74) is 0.412. The monoisotopic (exact) mass is 277 g/mol. The summed E-state index contributed by atoms with van der Waals surface area (Å²) < 4.78 is 3.63. The van der Waals surface area contributed by atoms with Crippen LogP contribution in [-0.4, -0.2) is 27.4 Å². The first-order valence-corrected chi connectivity index (χ1v) is 6.41. The standard InChI is InChI=1S/C8H12BrN3OS/c9-4-2-1-3-5-10-8(13)7-6-14-12-11-7/h6H,1-5H2,(H,10,13). The minimum absolute atomic E-state index is 0.127. The van der Waals surface area contributed by atoms with E-state index in [4.69, 9.17) is 0 Å². The fourth-order valence-electron chi connectivity index (χ4n) is 0.952. The number of carbonyl (C=O) groups excluding carboxylic acids is 1. The predicted molar refractivity (Wildman–Crippen MR) is 59.9 cm³/mol. The molecule has 1 N–H and O–H groups in total. The van der Waals surface area contributed by atoms with Gasteiger partial charge in [0.25, 0.3) is 5.91 Å². The normalized spacial score (nSPS) is 10.1. The van der Waals surface area contributed by atoms with E-state index in [1.54, 1.807) is 5.38 Å². The van der Waals surface area contributed by atoms with Crippen molar-refractivity contribution < 1.29 is 4.79 Å². The van der Waals surface area contributed by atoms with Gasteiger partial charge in [-0.05, 0) is 24.4 Å². The van der Waals surface area contributed by atoms with Crippen molar-refractivity contribution in [1.29, 1.82) is 0 Å². The van der Waals surface area contributed by atoms with E-state index >= 15 is 0 Å². The number of aromatic nitrogens is 2. The fraction of sp³-hybridized carbons (Fsp3) is 0.625. The van der Waals surface area contributed by atoms with Crippen molar-refractivity contribution in [3.63, 3.8) is 0 Å². The molecule has 0 aromatic carbocycles. The van der Waals surface area contributed by atoms with E-state index in [-0.39, 0.29) is 5.91 Å². The zero-order valence-corrected chi connectivity index (χ0v) is 10.1. The van der Waals surface area contributed by atoms with Gasteiger partial charge in [0, 0.05) is 17.3 Å². The third kappa shape index (κ3) is 4.15. The molecule has 1 aromatic heterocycles. The maximum absolute atomic E-state index is 11.3. The topological polar surface area (TPSA) is 54.9 Å². The lowest BCUT2D eigenvalue weighted by Gasteiger charge is -2.01. The van der Waals surface area contributed by atoms with Gasteiger partial charge in [-0.1, -0.05) is 26.8 Å². The lowest BCUT2D eigenvalue weighted by molar-refractivity contribution is 0.0948. The number of amides is 1. The van der Waals surface area contributed by atoms with E-state index < -0.39 is 0 Å². The van der Waals surface area contributed by atoms with E-state index in [9.17, 15) is 4.79 Å². The summed E-state index contributed by atoms with van der Waals surface area (Å²) in [4.78, 5) is 11.3. The molecule has 1 aromatic rings. The van der Waals surface area contributed by atoms with Crippen LogP contribution in [0.15, 0.2) is 5.38 Å². The first-order chi connectivity index (χ1) is 6.84. The molecule has 14 heavy (non-hydrogen) atoms. The molecule has 0 saturated carbocycles. The summed E-state index contributed by atoms with van der Waals surface area (Å²) in [6.45, 7) is 0.712. The Bertz CT molecular complexity index is 266. The highest BCUT2D eigenvalue weighted by atomic mass is 79.9. The number of rotatable bonds is 6. The highest BCUT2D eigenvalue weighted by molar-refractivity contribution is 9.09. The van der Waals surface area contributed by atoms with Gasteiger partial charge >= 0.3 is 0 Å². The molecule has 0 aliphatic rings. The van der Waals surface area contributed by atoms with Crippen LogP contribution in [0.2, 0.25) is 0 Å². The van der Waals surface area contributed by atoms with Crippen LogP contribution in [-0.2, 0) is 0 Å². The van der Waals surface area contributed by atoms with Crippen molar-refractivity contribution in [2.45, 2.75) is 19.3 Å². The third-order valence-corrected chi connectivity index (χ3v) is 2.75. The van der Waals surface area contributed by atoms with E-state index in [0.717, 1.165) is 24.6 Å². The number of alkyl halides is 1. The summed E-state index contributed by atoms with van der Waals surface area (Å²) >= 11 is 4.54. The van der Waals surface area contributed by atoms with E-state index in [1.807, 2.05) is 0 Å². The average molecular weight is 278 g/mol. The van der Waals surface area contributed by atoms with Crippen LogP contribution in [0.25, 0.3) is 0 Å². The minimum Gasteiger partial charge on any atom is -0.351 e. The van der Waals surface area contributed by atoms with Gasteiger partial charge in [-0.3, -0.25) is 4.79 Å². The molecule has 0 spiro atoms. The molecule has 4 nitrogen and oxygen atoms in total. The van der Waals surface area contributed by atoms with Crippen molar-refractivity contribution >= 4 is 33.4 Å². The molecule has 0 aliphatic carbocycles. The van der Waals surface area contributed by atoms with Gasteiger partial charge in [0.1, 0.15) is 0 Å². The van der Waals surface area contributed by atoms with Gasteiger partial charge in [0.2, 0.25) is 0 Å². The molecule has 6 heteroatoms. The molecule has 0 bridgehead atoms. The molecule has 0 unspecified atom stereocenters. The molecule has 0 atom stereocenters. The quantitative estimate of drug-likeness (QED) is 0.638. The van der Waals surface area contributed by atoms with Gasteiger partial charge in [0.15, 0.2) is 5.69 Å². The van der Waals surface area contributed by atoms with Gasteiger partial charge in [0.05, 0.1) is 0 Å². The van der Waals surface area contributed by atoms with Crippen molar-refractivity contribution in [2.75, 3.05) is 11.9 Å². The second-order valence-electron chi connectivity index (χ2n) is 2.80. The number of unbranched alkanes of at least 4 members (excludes halogenated alkanes) is 2. The van der Waals surface area contributed by atoms with Crippen LogP contribution < -0.4 is 5.32 Å². The second-order valence-corrected chi connectivity index (χ2v) is 4.20. The molecule has 0 saturated heterocycles. The van der Waals surface area contributed by atoms with E-state index in [2.05, 4.69) is 30.8 Å². The maximum atomic E-state index is 11.3. The number of hydrogen-bond donors (Lipinski definition) is 1. The molecule has 78 valence electrons. The molecule has 1 amide bonds. The highest BCUT2D eigenvalue weighted by Gasteiger charge is 2.06. The SMILES string of the molecule is O=C(NCCCCCBr)c1csnn1. The maximum Gasteiger partial charge on any atom is 0.272 e. The Morgan fingerprint density at radius 3 is 3.00 bits per heavy atom. The van der Waals surface area contributed by atoms with Crippen LogP contribution in [0.3, 0.4) is 0 Å². The molecule has 0 fully saturated rings. The van der Waals surface area contributed by atoms with Crippen molar-refractivity contribution in [3.05, 3.63) is 11.1 Å². The Hall–Kier alpha value is -0.490. The zero-order chi connectivity index (χ0) is 10.2. The summed E-state index contributed by atoms with van der Waals surface area (Å²) in [7, 11) is 0. The molecular weight excluding hydrogens is 266 g/mol. The van der Waals surface area contributed by atoms with Gasteiger partial charge < -0.3 is 5.32 Å². The summed E-state index contributed by atoms with van der Waals surface area (Å²) in [6.07, 6.45) is 3.28. The van der Waals surface area contributed by atoms with E-state index in [0.29, 0.717) is 12.2 Å².